The lowest BCUT2D eigenvalue weighted by molar-refractivity contribution is -0.117. The van der Waals surface area contributed by atoms with Gasteiger partial charge in [0, 0.05) is 62.1 Å². The molecule has 9 nitrogen and oxygen atoms in total. The molecular weight excluding hydrogens is 468 g/mol. The first kappa shape index (κ1) is 25.3. The molecule has 2 N–H and O–H groups in total. The molecule has 1 amide bonds. The highest BCUT2D eigenvalue weighted by Gasteiger charge is 2.18. The highest BCUT2D eigenvalue weighted by molar-refractivity contribution is 5.93. The number of nitrogens with one attached hydrogen (secondary N) is 1. The molecule has 0 aliphatic carbocycles. The van der Waals surface area contributed by atoms with Crippen molar-refractivity contribution in [2.75, 3.05) is 76.3 Å². The number of nitrogens with zero attached hydrogens (tertiary/aromatic N) is 5. The Morgan fingerprint density at radius 3 is 2.49 bits per heavy atom. The number of piperazine rings is 1. The van der Waals surface area contributed by atoms with E-state index < -0.39 is 0 Å². The van der Waals surface area contributed by atoms with E-state index in [9.17, 15) is 9.90 Å². The standard InChI is InChI=1S/C28H34N6O3/c1-32-8-10-33(11-9-32)19-27(36)29-24-7-3-5-22(17-24)25-18-26(34-12-14-37-15-13-34)31-28(30-25)23-6-2-4-21(16-23)20-35/h2-7,16-18,35H,8-15,19-20H2,1H3,(H,29,36). The molecule has 0 unspecified atom stereocenters. The number of ether oxygens (including phenoxy) is 1. The number of rotatable bonds is 7. The van der Waals surface area contributed by atoms with Gasteiger partial charge in [-0.2, -0.15) is 0 Å². The second-order valence-corrected chi connectivity index (χ2v) is 9.60. The number of hydrogen-bond donors (Lipinski definition) is 2. The van der Waals surface area contributed by atoms with Gasteiger partial charge in [-0.1, -0.05) is 30.3 Å². The van der Waals surface area contributed by atoms with Crippen LogP contribution in [0.4, 0.5) is 11.5 Å². The van der Waals surface area contributed by atoms with Gasteiger partial charge in [0.15, 0.2) is 5.82 Å². The van der Waals surface area contributed by atoms with Crippen molar-refractivity contribution < 1.29 is 14.6 Å². The Kier molecular flexibility index (Phi) is 8.05. The summed E-state index contributed by atoms with van der Waals surface area (Å²) in [5.74, 6) is 1.42. The summed E-state index contributed by atoms with van der Waals surface area (Å²) in [6.45, 7) is 6.93. The van der Waals surface area contributed by atoms with Gasteiger partial charge in [0.05, 0.1) is 32.1 Å². The molecule has 0 saturated carbocycles. The first-order valence-corrected chi connectivity index (χ1v) is 12.8. The highest BCUT2D eigenvalue weighted by Crippen LogP contribution is 2.28. The summed E-state index contributed by atoms with van der Waals surface area (Å²) in [4.78, 5) is 29.2. The van der Waals surface area contributed by atoms with E-state index in [-0.39, 0.29) is 12.5 Å². The Balaban J connectivity index is 1.41. The summed E-state index contributed by atoms with van der Waals surface area (Å²) in [6.07, 6.45) is 0. The monoisotopic (exact) mass is 502 g/mol. The molecule has 5 rings (SSSR count). The Labute approximate surface area is 217 Å². The van der Waals surface area contributed by atoms with Crippen LogP contribution in [0.5, 0.6) is 0 Å². The Bertz CT molecular complexity index is 1220. The summed E-state index contributed by atoms with van der Waals surface area (Å²) >= 11 is 0. The molecule has 0 spiro atoms. The van der Waals surface area contributed by atoms with Crippen LogP contribution in [-0.4, -0.2) is 96.9 Å². The lowest BCUT2D eigenvalue weighted by atomic mass is 10.1. The molecule has 2 fully saturated rings. The number of aliphatic hydroxyl groups is 1. The average Bonchev–Trinajstić information content (AvgIpc) is 2.94. The van der Waals surface area contributed by atoms with Crippen LogP contribution in [0, 0.1) is 0 Å². The molecule has 2 aliphatic heterocycles. The van der Waals surface area contributed by atoms with E-state index in [1.807, 2.05) is 54.6 Å². The minimum atomic E-state index is -0.0419. The molecule has 1 aromatic heterocycles. The molecule has 2 aromatic carbocycles. The zero-order chi connectivity index (χ0) is 25.6. The van der Waals surface area contributed by atoms with Crippen molar-refractivity contribution in [3.05, 3.63) is 60.2 Å². The van der Waals surface area contributed by atoms with Crippen LogP contribution >= 0.6 is 0 Å². The smallest absolute Gasteiger partial charge is 0.238 e. The molecule has 9 heteroatoms. The van der Waals surface area contributed by atoms with E-state index in [1.54, 1.807) is 0 Å². The molecule has 194 valence electrons. The van der Waals surface area contributed by atoms with Crippen LogP contribution in [0.1, 0.15) is 5.56 Å². The van der Waals surface area contributed by atoms with Gasteiger partial charge >= 0.3 is 0 Å². The van der Waals surface area contributed by atoms with Crippen molar-refractivity contribution in [1.29, 1.82) is 0 Å². The Hall–Kier alpha value is -3.37. The predicted molar refractivity (Wildman–Crippen MR) is 144 cm³/mol. The molecule has 37 heavy (non-hydrogen) atoms. The van der Waals surface area contributed by atoms with Gasteiger partial charge in [-0.15, -0.1) is 0 Å². The number of anilines is 2. The fourth-order valence-corrected chi connectivity index (χ4v) is 4.64. The van der Waals surface area contributed by atoms with Crippen LogP contribution in [0.3, 0.4) is 0 Å². The molecule has 2 aliphatic rings. The normalized spacial score (nSPS) is 17.1. The second-order valence-electron chi connectivity index (χ2n) is 9.60. The molecular formula is C28H34N6O3. The van der Waals surface area contributed by atoms with E-state index in [2.05, 4.69) is 27.1 Å². The predicted octanol–water partition coefficient (Wildman–Crippen LogP) is 2.33. The maximum Gasteiger partial charge on any atom is 0.238 e. The van der Waals surface area contributed by atoms with Crippen LogP contribution < -0.4 is 10.2 Å². The van der Waals surface area contributed by atoms with Crippen molar-refractivity contribution in [2.45, 2.75) is 6.61 Å². The largest absolute Gasteiger partial charge is 0.392 e. The molecule has 3 aromatic rings. The van der Waals surface area contributed by atoms with Crippen LogP contribution in [0.25, 0.3) is 22.6 Å². The SMILES string of the molecule is CN1CCN(CC(=O)Nc2cccc(-c3cc(N4CCOCC4)nc(-c4cccc(CO)c4)n3)c2)CC1. The van der Waals surface area contributed by atoms with Crippen LogP contribution in [-0.2, 0) is 16.1 Å². The van der Waals surface area contributed by atoms with Crippen molar-refractivity contribution in [1.82, 2.24) is 19.8 Å². The lowest BCUT2D eigenvalue weighted by Crippen LogP contribution is -2.47. The van der Waals surface area contributed by atoms with E-state index in [4.69, 9.17) is 14.7 Å². The van der Waals surface area contributed by atoms with Crippen LogP contribution in [0.2, 0.25) is 0 Å². The number of carbonyl (C=O) groups excluding carboxylic acids is 1. The number of hydrogen-bond acceptors (Lipinski definition) is 8. The minimum absolute atomic E-state index is 0.0140. The molecule has 3 heterocycles. The van der Waals surface area contributed by atoms with E-state index in [1.165, 1.54) is 0 Å². The maximum atomic E-state index is 12.7. The zero-order valence-electron chi connectivity index (χ0n) is 21.3. The van der Waals surface area contributed by atoms with Gasteiger partial charge in [-0.05, 0) is 30.8 Å². The van der Waals surface area contributed by atoms with Crippen molar-refractivity contribution in [3.8, 4) is 22.6 Å². The van der Waals surface area contributed by atoms with Gasteiger partial charge in [0.2, 0.25) is 5.91 Å². The van der Waals surface area contributed by atoms with Crippen molar-refractivity contribution in [2.24, 2.45) is 0 Å². The molecule has 0 radical (unpaired) electrons. The quantitative estimate of drug-likeness (QED) is 0.509. The van der Waals surface area contributed by atoms with Crippen molar-refractivity contribution >= 4 is 17.4 Å². The third-order valence-electron chi connectivity index (χ3n) is 6.82. The number of likely N-dealkylation sites (N-methyl/N-ethyl adjacent to an activating group) is 1. The van der Waals surface area contributed by atoms with Crippen LogP contribution in [0.15, 0.2) is 54.6 Å². The summed E-state index contributed by atoms with van der Waals surface area (Å²) in [5.41, 5.74) is 4.07. The summed E-state index contributed by atoms with van der Waals surface area (Å²) in [6, 6.07) is 17.4. The first-order chi connectivity index (χ1) is 18.1. The zero-order valence-corrected chi connectivity index (χ0v) is 21.3. The number of benzene rings is 2. The van der Waals surface area contributed by atoms with E-state index in [0.29, 0.717) is 25.6 Å². The van der Waals surface area contributed by atoms with Gasteiger partial charge in [-0.3, -0.25) is 9.69 Å². The Morgan fingerprint density at radius 1 is 0.946 bits per heavy atom. The van der Waals surface area contributed by atoms with Gasteiger partial charge < -0.3 is 25.0 Å². The number of aliphatic hydroxyl groups excluding tert-OH is 1. The van der Waals surface area contributed by atoms with Gasteiger partial charge in [0.1, 0.15) is 5.82 Å². The lowest BCUT2D eigenvalue weighted by Gasteiger charge is -2.31. The number of morpholine rings is 1. The fourth-order valence-electron chi connectivity index (χ4n) is 4.64. The third kappa shape index (κ3) is 6.50. The molecule has 0 atom stereocenters. The van der Waals surface area contributed by atoms with E-state index >= 15 is 0 Å². The fraction of sp³-hybridized carbons (Fsp3) is 0.393. The third-order valence-corrected chi connectivity index (χ3v) is 6.82. The molecule has 0 bridgehead atoms. The van der Waals surface area contributed by atoms with E-state index in [0.717, 1.165) is 73.2 Å². The summed E-state index contributed by atoms with van der Waals surface area (Å²) in [5, 5.41) is 12.7. The molecule has 2 saturated heterocycles. The van der Waals surface area contributed by atoms with Gasteiger partial charge in [0.25, 0.3) is 0 Å². The average molecular weight is 503 g/mol. The second kappa shape index (κ2) is 11.8. The minimum Gasteiger partial charge on any atom is -0.392 e. The summed E-state index contributed by atoms with van der Waals surface area (Å²) < 4.78 is 5.53. The first-order valence-electron chi connectivity index (χ1n) is 12.8. The summed E-state index contributed by atoms with van der Waals surface area (Å²) in [7, 11) is 2.11. The van der Waals surface area contributed by atoms with Gasteiger partial charge in [-0.25, -0.2) is 9.97 Å². The topological polar surface area (TPSA) is 94.1 Å². The maximum absolute atomic E-state index is 12.7. The number of carbonyl (C=O) groups is 1. The number of amides is 1. The van der Waals surface area contributed by atoms with Crippen molar-refractivity contribution in [3.63, 3.8) is 0 Å². The highest BCUT2D eigenvalue weighted by atomic mass is 16.5. The number of aromatic nitrogens is 2. The Morgan fingerprint density at radius 2 is 1.70 bits per heavy atom.